The van der Waals surface area contributed by atoms with Crippen molar-refractivity contribution in [2.24, 2.45) is 0 Å². The Kier molecular flexibility index (Phi) is 6.21. The summed E-state index contributed by atoms with van der Waals surface area (Å²) in [5.74, 6) is 0.908. The second kappa shape index (κ2) is 9.06. The van der Waals surface area contributed by atoms with Gasteiger partial charge in [0, 0.05) is 16.3 Å². The summed E-state index contributed by atoms with van der Waals surface area (Å²) in [6.07, 6.45) is 0. The highest BCUT2D eigenvalue weighted by atomic mass is 35.5. The predicted molar refractivity (Wildman–Crippen MR) is 124 cm³/mol. The highest BCUT2D eigenvalue weighted by molar-refractivity contribution is 7.91. The molecule has 0 amide bonds. The zero-order valence-electron chi connectivity index (χ0n) is 17.5. The van der Waals surface area contributed by atoms with Gasteiger partial charge in [-0.15, -0.1) is 0 Å². The summed E-state index contributed by atoms with van der Waals surface area (Å²) in [5.41, 5.74) is 2.20. The first-order valence-electron chi connectivity index (χ1n) is 9.95. The summed E-state index contributed by atoms with van der Waals surface area (Å²) >= 11 is 5.97. The van der Waals surface area contributed by atoms with Crippen LogP contribution in [0.4, 0.5) is 11.6 Å². The third-order valence-corrected chi connectivity index (χ3v) is 6.63. The first-order valence-corrected chi connectivity index (χ1v) is 11.8. The molecule has 0 saturated carbocycles. The van der Waals surface area contributed by atoms with Crippen LogP contribution in [0.3, 0.4) is 0 Å². The third-order valence-electron chi connectivity index (χ3n) is 4.70. The molecule has 164 valence electrons. The molecule has 4 aromatic rings. The molecule has 1 N–H and O–H groups in total. The summed E-state index contributed by atoms with van der Waals surface area (Å²) < 4.78 is 38.1. The molecular weight excluding hydrogens is 448 g/mol. The van der Waals surface area contributed by atoms with Crippen LogP contribution in [0.15, 0.2) is 87.1 Å². The number of nitrogens with zero attached hydrogens (tertiary/aromatic N) is 1. The van der Waals surface area contributed by atoms with E-state index >= 15 is 0 Å². The van der Waals surface area contributed by atoms with E-state index in [1.165, 1.54) is 0 Å². The molecule has 4 rings (SSSR count). The van der Waals surface area contributed by atoms with Crippen LogP contribution in [-0.2, 0) is 9.84 Å². The highest BCUT2D eigenvalue weighted by Crippen LogP contribution is 2.34. The van der Waals surface area contributed by atoms with Crippen LogP contribution in [0.1, 0.15) is 12.5 Å². The average Bonchev–Trinajstić information content (AvgIpc) is 3.21. The largest absolute Gasteiger partial charge is 0.494 e. The van der Waals surface area contributed by atoms with Gasteiger partial charge in [-0.25, -0.2) is 8.42 Å². The molecule has 0 fully saturated rings. The molecule has 32 heavy (non-hydrogen) atoms. The van der Waals surface area contributed by atoms with Crippen molar-refractivity contribution < 1.29 is 17.6 Å². The molecule has 6 nitrogen and oxygen atoms in total. The number of ether oxygens (including phenoxy) is 1. The minimum absolute atomic E-state index is 0.0275. The summed E-state index contributed by atoms with van der Waals surface area (Å²) in [7, 11) is -3.94. The Morgan fingerprint density at radius 2 is 1.62 bits per heavy atom. The standard InChI is InChI=1S/C24H21ClN2O4S/c1-3-30-20-12-10-19(11-13-20)26-23-24(32(28,29)21-14-4-16(2)5-15-21)27-22(31-23)17-6-8-18(25)9-7-17/h4-15,26H,3H2,1-2H3. The summed E-state index contributed by atoms with van der Waals surface area (Å²) in [6, 6.07) is 20.5. The predicted octanol–water partition coefficient (Wildman–Crippen LogP) is 6.28. The Labute approximate surface area is 191 Å². The van der Waals surface area contributed by atoms with Crippen LogP contribution < -0.4 is 10.1 Å². The number of oxazole rings is 1. The van der Waals surface area contributed by atoms with Gasteiger partial charge in [-0.2, -0.15) is 4.98 Å². The van der Waals surface area contributed by atoms with Crippen molar-refractivity contribution >= 4 is 33.0 Å². The topological polar surface area (TPSA) is 81.4 Å². The minimum atomic E-state index is -3.94. The Hall–Kier alpha value is -3.29. The fourth-order valence-corrected chi connectivity index (χ4v) is 4.43. The molecule has 0 aliphatic heterocycles. The molecule has 0 saturated heterocycles. The number of aryl methyl sites for hydroxylation is 1. The van der Waals surface area contributed by atoms with Crippen LogP contribution in [-0.4, -0.2) is 20.0 Å². The molecule has 1 heterocycles. The lowest BCUT2D eigenvalue weighted by molar-refractivity contribution is 0.340. The minimum Gasteiger partial charge on any atom is -0.494 e. The molecule has 0 spiro atoms. The van der Waals surface area contributed by atoms with Gasteiger partial charge >= 0.3 is 0 Å². The lowest BCUT2D eigenvalue weighted by Crippen LogP contribution is -2.05. The monoisotopic (exact) mass is 468 g/mol. The van der Waals surface area contributed by atoms with Gasteiger partial charge in [0.25, 0.3) is 0 Å². The Morgan fingerprint density at radius 3 is 2.25 bits per heavy atom. The number of rotatable bonds is 7. The fourth-order valence-electron chi connectivity index (χ4n) is 3.04. The second-order valence-electron chi connectivity index (χ2n) is 7.06. The van der Waals surface area contributed by atoms with E-state index in [1.54, 1.807) is 72.8 Å². The normalized spacial score (nSPS) is 11.3. The molecular formula is C24H21ClN2O4S. The maximum atomic E-state index is 13.4. The molecule has 0 aliphatic rings. The lowest BCUT2D eigenvalue weighted by Gasteiger charge is -2.08. The van der Waals surface area contributed by atoms with Gasteiger partial charge < -0.3 is 14.5 Å². The van der Waals surface area contributed by atoms with E-state index in [0.717, 1.165) is 5.56 Å². The van der Waals surface area contributed by atoms with E-state index in [9.17, 15) is 8.42 Å². The van der Waals surface area contributed by atoms with Crippen molar-refractivity contribution in [3.8, 4) is 17.2 Å². The van der Waals surface area contributed by atoms with Crippen LogP contribution in [0.5, 0.6) is 5.75 Å². The maximum Gasteiger partial charge on any atom is 0.238 e. The zero-order chi connectivity index (χ0) is 22.7. The van der Waals surface area contributed by atoms with Crippen molar-refractivity contribution in [1.29, 1.82) is 0 Å². The van der Waals surface area contributed by atoms with Crippen LogP contribution in [0.2, 0.25) is 5.02 Å². The number of hydrogen-bond donors (Lipinski definition) is 1. The van der Waals surface area contributed by atoms with E-state index in [4.69, 9.17) is 20.8 Å². The van der Waals surface area contributed by atoms with E-state index in [-0.39, 0.29) is 21.7 Å². The average molecular weight is 469 g/mol. The van der Waals surface area contributed by atoms with Gasteiger partial charge in [0.15, 0.2) is 0 Å². The molecule has 0 radical (unpaired) electrons. The van der Waals surface area contributed by atoms with Crippen molar-refractivity contribution in [2.45, 2.75) is 23.8 Å². The second-order valence-corrected chi connectivity index (χ2v) is 9.36. The van der Waals surface area contributed by atoms with Crippen molar-refractivity contribution in [3.63, 3.8) is 0 Å². The quantitative estimate of drug-likeness (QED) is 0.344. The molecule has 3 aromatic carbocycles. The number of halogens is 1. The lowest BCUT2D eigenvalue weighted by atomic mass is 10.2. The van der Waals surface area contributed by atoms with Gasteiger partial charge in [0.05, 0.1) is 11.5 Å². The first-order chi connectivity index (χ1) is 15.4. The molecule has 0 atom stereocenters. The third kappa shape index (κ3) is 4.64. The van der Waals surface area contributed by atoms with Crippen molar-refractivity contribution in [1.82, 2.24) is 4.98 Å². The molecule has 1 aromatic heterocycles. The van der Waals surface area contributed by atoms with Crippen LogP contribution in [0, 0.1) is 6.92 Å². The fraction of sp³-hybridized carbons (Fsp3) is 0.125. The summed E-state index contributed by atoms with van der Waals surface area (Å²) in [6.45, 7) is 4.35. The maximum absolute atomic E-state index is 13.4. The van der Waals surface area contributed by atoms with Gasteiger partial charge in [0.2, 0.25) is 26.6 Å². The van der Waals surface area contributed by atoms with Gasteiger partial charge in [0.1, 0.15) is 5.75 Å². The number of sulfone groups is 1. The molecule has 0 unspecified atom stereocenters. The van der Waals surface area contributed by atoms with Crippen molar-refractivity contribution in [3.05, 3.63) is 83.4 Å². The van der Waals surface area contributed by atoms with Gasteiger partial charge in [-0.1, -0.05) is 29.3 Å². The first kappa shape index (κ1) is 21.9. The van der Waals surface area contributed by atoms with Gasteiger partial charge in [-0.3, -0.25) is 0 Å². The smallest absolute Gasteiger partial charge is 0.238 e. The van der Waals surface area contributed by atoms with E-state index in [0.29, 0.717) is 28.6 Å². The highest BCUT2D eigenvalue weighted by Gasteiger charge is 2.28. The number of anilines is 2. The molecule has 0 bridgehead atoms. The van der Waals surface area contributed by atoms with Crippen LogP contribution in [0.25, 0.3) is 11.5 Å². The number of aromatic nitrogens is 1. The van der Waals surface area contributed by atoms with Crippen molar-refractivity contribution in [2.75, 3.05) is 11.9 Å². The van der Waals surface area contributed by atoms with E-state index in [2.05, 4.69) is 10.3 Å². The number of nitrogens with one attached hydrogen (secondary N) is 1. The summed E-state index contributed by atoms with van der Waals surface area (Å²) in [5, 5.41) is 3.40. The van der Waals surface area contributed by atoms with E-state index in [1.807, 2.05) is 13.8 Å². The Morgan fingerprint density at radius 1 is 0.969 bits per heavy atom. The Bertz CT molecular complexity index is 1310. The SMILES string of the molecule is CCOc1ccc(Nc2oc(-c3ccc(Cl)cc3)nc2S(=O)(=O)c2ccc(C)cc2)cc1. The summed E-state index contributed by atoms with van der Waals surface area (Å²) in [4.78, 5) is 4.47. The number of hydrogen-bond acceptors (Lipinski definition) is 6. The zero-order valence-corrected chi connectivity index (χ0v) is 19.1. The molecule has 0 aliphatic carbocycles. The Balaban J connectivity index is 1.78. The van der Waals surface area contributed by atoms with Crippen LogP contribution >= 0.6 is 11.6 Å². The number of benzene rings is 3. The molecule has 8 heteroatoms. The van der Waals surface area contributed by atoms with Gasteiger partial charge in [-0.05, 0) is 74.5 Å². The van der Waals surface area contributed by atoms with E-state index < -0.39 is 9.84 Å².